The third-order valence-electron chi connectivity index (χ3n) is 4.17. The number of rotatable bonds is 8. The number of benzene rings is 2. The van der Waals surface area contributed by atoms with Gasteiger partial charge in [-0.05, 0) is 18.6 Å². The number of non-ortho nitro benzene ring substituents is 2. The van der Waals surface area contributed by atoms with Crippen molar-refractivity contribution in [1.82, 2.24) is 0 Å². The number of hydrogen-bond donors (Lipinski definition) is 0. The predicted octanol–water partition coefficient (Wildman–Crippen LogP) is 4.25. The molecule has 0 aliphatic carbocycles. The molecule has 2 aromatic carbocycles. The van der Waals surface area contributed by atoms with Crippen molar-refractivity contribution < 1.29 is 19.7 Å². The molecule has 0 bridgehead atoms. The van der Waals surface area contributed by atoms with Gasteiger partial charge in [0.25, 0.3) is 22.7 Å². The van der Waals surface area contributed by atoms with Crippen molar-refractivity contribution in [2.75, 3.05) is 0 Å². The van der Waals surface area contributed by atoms with E-state index in [1.54, 1.807) is 6.92 Å². The van der Waals surface area contributed by atoms with Gasteiger partial charge in [0.05, 0.1) is 31.8 Å². The fourth-order valence-corrected chi connectivity index (χ4v) is 2.96. The molecule has 0 unspecified atom stereocenters. The summed E-state index contributed by atoms with van der Waals surface area (Å²) in [5, 5.41) is 44.8. The summed E-state index contributed by atoms with van der Waals surface area (Å²) in [6, 6.07) is 6.17. The van der Waals surface area contributed by atoms with Gasteiger partial charge in [0, 0.05) is 29.2 Å². The van der Waals surface area contributed by atoms with Crippen molar-refractivity contribution in [2.24, 2.45) is 0 Å². The first-order valence-electron chi connectivity index (χ1n) is 8.02. The Kier molecular flexibility index (Phi) is 5.93. The summed E-state index contributed by atoms with van der Waals surface area (Å²) in [5.74, 6) is -0.840. The Morgan fingerprint density at radius 2 is 1.11 bits per heavy atom. The summed E-state index contributed by atoms with van der Waals surface area (Å²) in [6.45, 7) is 1.77. The number of nitro groups is 4. The van der Waals surface area contributed by atoms with Crippen molar-refractivity contribution in [2.45, 2.75) is 25.7 Å². The van der Waals surface area contributed by atoms with E-state index in [-0.39, 0.29) is 17.5 Å². The lowest BCUT2D eigenvalue weighted by Gasteiger charge is -2.17. The first-order valence-corrected chi connectivity index (χ1v) is 8.02. The normalized spacial score (nSPS) is 10.6. The summed E-state index contributed by atoms with van der Waals surface area (Å²) in [5.41, 5.74) is -1.92. The maximum atomic E-state index is 11.5. The molecule has 12 nitrogen and oxygen atoms in total. The van der Waals surface area contributed by atoms with Gasteiger partial charge in [-0.15, -0.1) is 0 Å². The molecule has 2 aromatic rings. The van der Waals surface area contributed by atoms with E-state index in [2.05, 4.69) is 0 Å². The first-order chi connectivity index (χ1) is 13.2. The smallest absolute Gasteiger partial charge is 0.258 e. The Labute approximate surface area is 157 Å². The van der Waals surface area contributed by atoms with Crippen LogP contribution >= 0.6 is 0 Å². The molecule has 0 fully saturated rings. The Morgan fingerprint density at radius 1 is 0.714 bits per heavy atom. The van der Waals surface area contributed by atoms with Gasteiger partial charge in [-0.1, -0.05) is 13.3 Å². The van der Waals surface area contributed by atoms with Crippen LogP contribution in [-0.4, -0.2) is 19.7 Å². The molecule has 0 aromatic heterocycles. The molecule has 0 amide bonds. The highest BCUT2D eigenvalue weighted by atomic mass is 16.6. The van der Waals surface area contributed by atoms with Crippen molar-refractivity contribution in [3.63, 3.8) is 0 Å². The summed E-state index contributed by atoms with van der Waals surface area (Å²) in [4.78, 5) is 41.6. The number of hydrogen-bond acceptors (Lipinski definition) is 8. The summed E-state index contributed by atoms with van der Waals surface area (Å²) >= 11 is 0. The molecule has 28 heavy (non-hydrogen) atoms. The van der Waals surface area contributed by atoms with Crippen LogP contribution in [0.15, 0.2) is 36.4 Å². The van der Waals surface area contributed by atoms with Gasteiger partial charge in [0.15, 0.2) is 0 Å². The lowest BCUT2D eigenvalue weighted by Crippen LogP contribution is -2.08. The molecule has 146 valence electrons. The zero-order chi connectivity index (χ0) is 21.0. The Morgan fingerprint density at radius 3 is 1.39 bits per heavy atom. The molecule has 0 aliphatic heterocycles. The molecular weight excluding hydrogens is 376 g/mol. The molecule has 0 aliphatic rings. The lowest BCUT2D eigenvalue weighted by molar-refractivity contribution is -0.395. The zero-order valence-corrected chi connectivity index (χ0v) is 14.5. The maximum absolute atomic E-state index is 11.5. The second-order valence-electron chi connectivity index (χ2n) is 5.86. The van der Waals surface area contributed by atoms with Gasteiger partial charge in [-0.2, -0.15) is 0 Å². The fourth-order valence-electron chi connectivity index (χ4n) is 2.96. The average Bonchev–Trinajstić information content (AvgIpc) is 2.65. The molecule has 0 atom stereocenters. The minimum Gasteiger partial charge on any atom is -0.258 e. The monoisotopic (exact) mass is 390 g/mol. The van der Waals surface area contributed by atoms with Gasteiger partial charge in [-0.25, -0.2) is 0 Å². The highest BCUT2D eigenvalue weighted by Crippen LogP contribution is 2.41. The second kappa shape index (κ2) is 8.16. The van der Waals surface area contributed by atoms with Crippen LogP contribution in [0.25, 0.3) is 0 Å². The minimum absolute atomic E-state index is 0.0643. The van der Waals surface area contributed by atoms with E-state index in [1.807, 2.05) is 0 Å². The van der Waals surface area contributed by atoms with Gasteiger partial charge in [0.2, 0.25) is 0 Å². The molecule has 2 rings (SSSR count). The highest BCUT2D eigenvalue weighted by molar-refractivity contribution is 5.58. The van der Waals surface area contributed by atoms with Crippen LogP contribution in [-0.2, 0) is 0 Å². The molecule has 0 radical (unpaired) electrons. The quantitative estimate of drug-likeness (QED) is 0.475. The average molecular weight is 390 g/mol. The third kappa shape index (κ3) is 4.06. The van der Waals surface area contributed by atoms with Crippen molar-refractivity contribution in [3.8, 4) is 0 Å². The Balaban J connectivity index is 2.73. The van der Waals surface area contributed by atoms with Crippen LogP contribution in [0, 0.1) is 40.5 Å². The highest BCUT2D eigenvalue weighted by Gasteiger charge is 2.31. The fraction of sp³-hybridized carbons (Fsp3) is 0.250. The van der Waals surface area contributed by atoms with E-state index in [9.17, 15) is 40.5 Å². The van der Waals surface area contributed by atoms with Crippen LogP contribution in [0.5, 0.6) is 0 Å². The van der Waals surface area contributed by atoms with E-state index in [1.165, 1.54) is 12.1 Å². The molecule has 0 saturated carbocycles. The van der Waals surface area contributed by atoms with E-state index in [0.717, 1.165) is 24.3 Å². The standard InChI is InChI=1S/C16H14N4O8/c1-2-3-12(13-6-4-10(17(21)22)8-15(13)19(25)26)14-7-5-11(18(23)24)9-16(14)20(27)28/h4-9,12H,2-3H2,1H3. The topological polar surface area (TPSA) is 173 Å². The minimum atomic E-state index is -0.840. The van der Waals surface area contributed by atoms with Crippen LogP contribution in [0.2, 0.25) is 0 Å². The Bertz CT molecular complexity index is 900. The SMILES string of the molecule is CCCC(c1ccc([N+](=O)[O-])cc1[N+](=O)[O-])c1ccc([N+](=O)[O-])cc1[N+](=O)[O-]. The first kappa shape index (κ1) is 20.4. The number of nitro benzene ring substituents is 4. The molecule has 0 heterocycles. The van der Waals surface area contributed by atoms with Gasteiger partial charge < -0.3 is 0 Å². The molecule has 0 spiro atoms. The Hall–Kier alpha value is -3.96. The van der Waals surface area contributed by atoms with E-state index < -0.39 is 48.4 Å². The van der Waals surface area contributed by atoms with Crippen molar-refractivity contribution in [3.05, 3.63) is 88.0 Å². The summed E-state index contributed by atoms with van der Waals surface area (Å²) in [6.07, 6.45) is 0.754. The van der Waals surface area contributed by atoms with Crippen LogP contribution < -0.4 is 0 Å². The van der Waals surface area contributed by atoms with Crippen LogP contribution in [0.3, 0.4) is 0 Å². The second-order valence-corrected chi connectivity index (χ2v) is 5.86. The van der Waals surface area contributed by atoms with Crippen molar-refractivity contribution in [1.29, 1.82) is 0 Å². The molecule has 0 saturated heterocycles. The van der Waals surface area contributed by atoms with Gasteiger partial charge in [-0.3, -0.25) is 40.5 Å². The van der Waals surface area contributed by atoms with Crippen molar-refractivity contribution >= 4 is 22.7 Å². The third-order valence-corrected chi connectivity index (χ3v) is 4.17. The summed E-state index contributed by atoms with van der Waals surface area (Å²) in [7, 11) is 0. The number of nitrogens with zero attached hydrogens (tertiary/aromatic N) is 4. The largest absolute Gasteiger partial charge is 0.280 e. The lowest BCUT2D eigenvalue weighted by atomic mass is 9.85. The zero-order valence-electron chi connectivity index (χ0n) is 14.5. The van der Waals surface area contributed by atoms with Gasteiger partial charge >= 0.3 is 0 Å². The predicted molar refractivity (Wildman–Crippen MR) is 96.3 cm³/mol. The molecule has 12 heteroatoms. The molecule has 0 N–H and O–H groups in total. The maximum Gasteiger partial charge on any atom is 0.280 e. The van der Waals surface area contributed by atoms with E-state index in [4.69, 9.17) is 0 Å². The molecular formula is C16H14N4O8. The van der Waals surface area contributed by atoms with Crippen LogP contribution in [0.1, 0.15) is 36.8 Å². The van der Waals surface area contributed by atoms with E-state index >= 15 is 0 Å². The summed E-state index contributed by atoms with van der Waals surface area (Å²) < 4.78 is 0. The van der Waals surface area contributed by atoms with E-state index in [0.29, 0.717) is 6.42 Å². The van der Waals surface area contributed by atoms with Crippen LogP contribution in [0.4, 0.5) is 22.7 Å². The van der Waals surface area contributed by atoms with Gasteiger partial charge in [0.1, 0.15) is 0 Å².